The maximum absolute atomic E-state index is 13.2. The topological polar surface area (TPSA) is 107 Å². The van der Waals surface area contributed by atoms with Crippen LogP contribution in [-0.4, -0.2) is 52.8 Å². The molecule has 1 fully saturated rings. The summed E-state index contributed by atoms with van der Waals surface area (Å²) in [4.78, 5) is 51.6. The summed E-state index contributed by atoms with van der Waals surface area (Å²) in [5.41, 5.74) is 3.58. The number of ether oxygens (including phenoxy) is 2. The zero-order valence-electron chi connectivity index (χ0n) is 22.5. The molecule has 0 bridgehead atoms. The van der Waals surface area contributed by atoms with E-state index in [-0.39, 0.29) is 4.91 Å². The van der Waals surface area contributed by atoms with E-state index in [2.05, 4.69) is 5.32 Å². The summed E-state index contributed by atoms with van der Waals surface area (Å²) in [5, 5.41) is 3.10. The minimum absolute atomic E-state index is 0.236. The number of aromatic nitrogens is 1. The molecular formula is C31H27N3O6S. The van der Waals surface area contributed by atoms with Gasteiger partial charge in [-0.1, -0.05) is 30.3 Å². The zero-order chi connectivity index (χ0) is 28.9. The number of methoxy groups -OCH3 is 1. The number of esters is 1. The molecule has 0 unspecified atom stereocenters. The highest BCUT2D eigenvalue weighted by atomic mass is 32.2. The Morgan fingerprint density at radius 2 is 1.78 bits per heavy atom. The molecule has 4 aromatic rings. The number of anilines is 1. The highest BCUT2D eigenvalue weighted by Gasteiger charge is 2.36. The molecule has 9 nitrogen and oxygen atoms in total. The number of imide groups is 1. The van der Waals surface area contributed by atoms with Crippen LogP contribution in [0.1, 0.15) is 28.4 Å². The fourth-order valence-electron chi connectivity index (χ4n) is 4.56. The highest BCUT2D eigenvalue weighted by Crippen LogP contribution is 2.34. The van der Waals surface area contributed by atoms with Gasteiger partial charge in [-0.2, -0.15) is 0 Å². The molecule has 1 aliphatic heterocycles. The van der Waals surface area contributed by atoms with E-state index in [0.29, 0.717) is 30.2 Å². The molecule has 0 atom stereocenters. The zero-order valence-corrected chi connectivity index (χ0v) is 23.3. The molecule has 3 amide bonds. The van der Waals surface area contributed by atoms with Gasteiger partial charge in [0.25, 0.3) is 11.1 Å². The molecule has 1 aliphatic rings. The normalized spacial score (nSPS) is 14.1. The fraction of sp³-hybridized carbons (Fsp3) is 0.161. The number of hydrogen-bond donors (Lipinski definition) is 1. The average molecular weight is 570 g/mol. The van der Waals surface area contributed by atoms with Gasteiger partial charge in [-0.3, -0.25) is 19.3 Å². The van der Waals surface area contributed by atoms with Crippen LogP contribution >= 0.6 is 11.8 Å². The van der Waals surface area contributed by atoms with Crippen molar-refractivity contribution in [2.75, 3.05) is 25.6 Å². The molecule has 0 radical (unpaired) electrons. The van der Waals surface area contributed by atoms with Crippen molar-refractivity contribution < 1.29 is 28.7 Å². The van der Waals surface area contributed by atoms with Crippen molar-refractivity contribution >= 4 is 57.5 Å². The monoisotopic (exact) mass is 569 g/mol. The number of nitrogens with zero attached hydrogens (tertiary/aromatic N) is 2. The fourth-order valence-corrected chi connectivity index (χ4v) is 5.38. The molecular weight excluding hydrogens is 542 g/mol. The molecule has 10 heteroatoms. The Bertz CT molecular complexity index is 1670. The number of para-hydroxylation sites is 1. The Kier molecular flexibility index (Phi) is 8.21. The summed E-state index contributed by atoms with van der Waals surface area (Å²) in [6.07, 6.45) is 3.58. The number of amides is 3. The van der Waals surface area contributed by atoms with E-state index in [1.165, 1.54) is 7.11 Å². The molecule has 1 aromatic heterocycles. The number of carbonyl (C=O) groups is 4. The average Bonchev–Trinajstić information content (AvgIpc) is 3.45. The van der Waals surface area contributed by atoms with Crippen LogP contribution in [0.2, 0.25) is 0 Å². The number of benzene rings is 3. The summed E-state index contributed by atoms with van der Waals surface area (Å²) in [6, 6.07) is 21.8. The van der Waals surface area contributed by atoms with Gasteiger partial charge in [0.1, 0.15) is 12.3 Å². The predicted octanol–water partition coefficient (Wildman–Crippen LogP) is 5.55. The molecule has 0 spiro atoms. The van der Waals surface area contributed by atoms with Crippen molar-refractivity contribution in [3.05, 3.63) is 101 Å². The van der Waals surface area contributed by atoms with Crippen LogP contribution in [-0.2, 0) is 20.9 Å². The first kappa shape index (κ1) is 27.7. The van der Waals surface area contributed by atoms with Gasteiger partial charge in [0.05, 0.1) is 24.2 Å². The lowest BCUT2D eigenvalue weighted by atomic mass is 10.1. The van der Waals surface area contributed by atoms with Crippen LogP contribution < -0.4 is 10.1 Å². The highest BCUT2D eigenvalue weighted by molar-refractivity contribution is 8.18. The molecule has 2 heterocycles. The van der Waals surface area contributed by atoms with Crippen LogP contribution in [0.25, 0.3) is 17.0 Å². The molecule has 41 heavy (non-hydrogen) atoms. The molecule has 208 valence electrons. The first-order valence-corrected chi connectivity index (χ1v) is 13.7. The Labute approximate surface area is 240 Å². The number of hydrogen-bond acceptors (Lipinski definition) is 7. The number of carbonyl (C=O) groups excluding carboxylic acids is 4. The second-order valence-electron chi connectivity index (χ2n) is 9.19. The molecule has 5 rings (SSSR count). The summed E-state index contributed by atoms with van der Waals surface area (Å²) in [6.45, 7) is 2.50. The quantitative estimate of drug-likeness (QED) is 0.208. The lowest BCUT2D eigenvalue weighted by Gasteiger charge is -2.12. The first-order valence-electron chi connectivity index (χ1n) is 12.9. The van der Waals surface area contributed by atoms with Gasteiger partial charge in [0.2, 0.25) is 5.91 Å². The number of thioether (sulfide) groups is 1. The van der Waals surface area contributed by atoms with Gasteiger partial charge in [0, 0.05) is 34.9 Å². The molecule has 1 saturated heterocycles. The minimum atomic E-state index is -0.524. The van der Waals surface area contributed by atoms with Crippen LogP contribution in [0.4, 0.5) is 10.5 Å². The molecule has 3 aromatic carbocycles. The third-order valence-corrected chi connectivity index (χ3v) is 7.34. The molecule has 0 aliphatic carbocycles. The van der Waals surface area contributed by atoms with Crippen molar-refractivity contribution in [3.8, 4) is 5.75 Å². The van der Waals surface area contributed by atoms with Crippen molar-refractivity contribution in [2.24, 2.45) is 0 Å². The molecule has 0 saturated carbocycles. The van der Waals surface area contributed by atoms with Crippen molar-refractivity contribution in [1.29, 1.82) is 0 Å². The summed E-state index contributed by atoms with van der Waals surface area (Å²) in [5.74, 6) is -0.737. The Balaban J connectivity index is 1.33. The van der Waals surface area contributed by atoms with Gasteiger partial charge in [-0.05, 0) is 72.8 Å². The summed E-state index contributed by atoms with van der Waals surface area (Å²) >= 11 is 0.803. The number of rotatable bonds is 9. The van der Waals surface area contributed by atoms with Gasteiger partial charge < -0.3 is 19.4 Å². The smallest absolute Gasteiger partial charge is 0.337 e. The van der Waals surface area contributed by atoms with Crippen molar-refractivity contribution in [1.82, 2.24) is 9.47 Å². The standard InChI is InChI=1S/C31H27N3O6S/c1-3-40-24-13-11-23(12-14-24)32-28(35)19-34-29(36)27(41-31(34)38)16-22-18-33(26-10-5-4-9-25(22)26)17-20-7-6-8-21(15-20)30(37)39-2/h4-16,18H,3,17,19H2,1-2H3,(H,32,35)/b27-16-. The van der Waals surface area contributed by atoms with Crippen LogP contribution in [0.5, 0.6) is 5.75 Å². The summed E-state index contributed by atoms with van der Waals surface area (Å²) < 4.78 is 12.3. The van der Waals surface area contributed by atoms with Crippen LogP contribution in [0.15, 0.2) is 83.9 Å². The lowest BCUT2D eigenvalue weighted by molar-refractivity contribution is -0.127. The minimum Gasteiger partial charge on any atom is -0.494 e. The Morgan fingerprint density at radius 3 is 2.54 bits per heavy atom. The third-order valence-electron chi connectivity index (χ3n) is 6.43. The van der Waals surface area contributed by atoms with Crippen LogP contribution in [0, 0.1) is 0 Å². The van der Waals surface area contributed by atoms with E-state index in [1.54, 1.807) is 48.5 Å². The second kappa shape index (κ2) is 12.1. The number of nitrogens with one attached hydrogen (secondary N) is 1. The second-order valence-corrected chi connectivity index (χ2v) is 10.2. The Morgan fingerprint density at radius 1 is 1.00 bits per heavy atom. The van der Waals surface area contributed by atoms with Crippen molar-refractivity contribution in [3.63, 3.8) is 0 Å². The van der Waals surface area contributed by atoms with E-state index in [9.17, 15) is 19.2 Å². The van der Waals surface area contributed by atoms with Gasteiger partial charge in [0.15, 0.2) is 0 Å². The van der Waals surface area contributed by atoms with E-state index in [4.69, 9.17) is 9.47 Å². The SMILES string of the molecule is CCOc1ccc(NC(=O)CN2C(=O)S/C(=C\c3cn(Cc4cccc(C(=O)OC)c4)c4ccccc34)C2=O)cc1. The maximum Gasteiger partial charge on any atom is 0.337 e. The predicted molar refractivity (Wildman–Crippen MR) is 158 cm³/mol. The Hall–Kier alpha value is -4.83. The maximum atomic E-state index is 13.2. The van der Waals surface area contributed by atoms with E-state index < -0.39 is 29.6 Å². The van der Waals surface area contributed by atoms with E-state index in [0.717, 1.165) is 38.7 Å². The van der Waals surface area contributed by atoms with E-state index in [1.807, 2.05) is 48.0 Å². The largest absolute Gasteiger partial charge is 0.494 e. The third kappa shape index (κ3) is 6.17. The van der Waals surface area contributed by atoms with Gasteiger partial charge in [-0.15, -0.1) is 0 Å². The lowest BCUT2D eigenvalue weighted by Crippen LogP contribution is -2.36. The number of fused-ring (bicyclic) bond motifs is 1. The molecule has 1 N–H and O–H groups in total. The summed E-state index contributed by atoms with van der Waals surface area (Å²) in [7, 11) is 1.34. The van der Waals surface area contributed by atoms with E-state index >= 15 is 0 Å². The first-order chi connectivity index (χ1) is 19.9. The van der Waals surface area contributed by atoms with Gasteiger partial charge in [-0.25, -0.2) is 4.79 Å². The van der Waals surface area contributed by atoms with Crippen LogP contribution in [0.3, 0.4) is 0 Å². The van der Waals surface area contributed by atoms with Crippen molar-refractivity contribution in [2.45, 2.75) is 13.5 Å². The van der Waals surface area contributed by atoms with Gasteiger partial charge >= 0.3 is 5.97 Å².